The summed E-state index contributed by atoms with van der Waals surface area (Å²) in [7, 11) is -4.12. The fraction of sp³-hybridized carbons (Fsp3) is 0.267. The second kappa shape index (κ2) is 7.96. The second-order valence-corrected chi connectivity index (χ2v) is 8.23. The third kappa shape index (κ3) is 3.90. The molecule has 10 heteroatoms. The molecule has 0 saturated heterocycles. The molecule has 0 aromatic heterocycles. The molecule has 0 amide bonds. The van der Waals surface area contributed by atoms with Crippen LogP contribution in [0.15, 0.2) is 55.4 Å². The first-order valence-corrected chi connectivity index (χ1v) is 10.1. The van der Waals surface area contributed by atoms with Gasteiger partial charge in [0.05, 0.1) is 15.0 Å². The highest BCUT2D eigenvalue weighted by Crippen LogP contribution is 2.44. The van der Waals surface area contributed by atoms with Crippen molar-refractivity contribution in [2.24, 2.45) is 0 Å². The van der Waals surface area contributed by atoms with Crippen LogP contribution in [0.4, 0.5) is 0 Å². The normalized spacial score (nSPS) is 18.0. The van der Waals surface area contributed by atoms with Crippen molar-refractivity contribution < 1.29 is 17.9 Å². The Balaban J connectivity index is 2.61. The third-order valence-corrected chi connectivity index (χ3v) is 6.53. The Hall–Kier alpha value is -0.600. The van der Waals surface area contributed by atoms with Gasteiger partial charge in [0.15, 0.2) is 0 Å². The highest BCUT2D eigenvalue weighted by atomic mass is 35.5. The monoisotopic (exact) mass is 443 g/mol. The number of ketones is 1. The maximum Gasteiger partial charge on any atom is 0.243 e. The average Bonchev–Trinajstić information content (AvgIpc) is 2.61. The number of carbonyl (C=O) groups excluding carboxylic acids is 1. The number of hydrogen-bond acceptors (Lipinski definition) is 4. The van der Waals surface area contributed by atoms with Crippen LogP contribution in [0.3, 0.4) is 0 Å². The summed E-state index contributed by atoms with van der Waals surface area (Å²) < 4.78 is 33.3. The van der Waals surface area contributed by atoms with Crippen LogP contribution >= 0.6 is 46.4 Å². The van der Waals surface area contributed by atoms with Gasteiger partial charge >= 0.3 is 0 Å². The van der Waals surface area contributed by atoms with Crippen molar-refractivity contribution in [3.05, 3.63) is 50.5 Å². The summed E-state index contributed by atoms with van der Waals surface area (Å²) in [6.45, 7) is 1.87. The summed E-state index contributed by atoms with van der Waals surface area (Å²) in [5.74, 6) is -0.812. The molecule has 0 radical (unpaired) electrons. The molecule has 1 aliphatic carbocycles. The van der Waals surface area contributed by atoms with Gasteiger partial charge in [-0.05, 0) is 18.6 Å². The molecule has 1 aliphatic rings. The smallest absolute Gasteiger partial charge is 0.243 e. The van der Waals surface area contributed by atoms with Gasteiger partial charge < -0.3 is 4.74 Å². The van der Waals surface area contributed by atoms with E-state index in [1.54, 1.807) is 25.1 Å². The summed E-state index contributed by atoms with van der Waals surface area (Å²) in [6, 6.07) is 7.51. The Labute approximate surface area is 165 Å². The van der Waals surface area contributed by atoms with Crippen molar-refractivity contribution in [2.45, 2.75) is 24.0 Å². The quantitative estimate of drug-likeness (QED) is 0.671. The Morgan fingerprint density at radius 1 is 1.04 bits per heavy atom. The van der Waals surface area contributed by atoms with Crippen molar-refractivity contribution in [1.29, 1.82) is 0 Å². The summed E-state index contributed by atoms with van der Waals surface area (Å²) in [5, 5.41) is -1.74. The average molecular weight is 445 g/mol. The number of carbonyl (C=O) groups is 1. The topological polar surface area (TPSA) is 72.5 Å². The third-order valence-electron chi connectivity index (χ3n) is 3.26. The number of ether oxygens (including phenoxy) is 1. The molecule has 1 aromatic carbocycles. The zero-order chi connectivity index (χ0) is 18.8. The molecule has 136 valence electrons. The minimum Gasteiger partial charge on any atom is -0.349 e. The number of nitrogens with one attached hydrogen (secondary N) is 1. The number of allylic oxidation sites excluding steroid dienone is 2. The van der Waals surface area contributed by atoms with E-state index in [0.29, 0.717) is 6.42 Å². The Kier molecular flexibility index (Phi) is 6.60. The zero-order valence-electron chi connectivity index (χ0n) is 12.9. The standard InChI is InChI=1S/C15H13Cl4NO4S/c1-2-8-24-15(13(18)10(16)12(21)11(17)14(15)19)20-25(22,23)9-6-4-3-5-7-9/h3-7,20H,2,8H2,1H3. The molecular weight excluding hydrogens is 432 g/mol. The lowest BCUT2D eigenvalue weighted by Gasteiger charge is -2.36. The van der Waals surface area contributed by atoms with Crippen molar-refractivity contribution in [3.63, 3.8) is 0 Å². The van der Waals surface area contributed by atoms with E-state index in [2.05, 4.69) is 4.72 Å². The summed E-state index contributed by atoms with van der Waals surface area (Å²) in [4.78, 5) is 11.9. The van der Waals surface area contributed by atoms with Gasteiger partial charge in [0.2, 0.25) is 21.5 Å². The first kappa shape index (κ1) is 20.7. The van der Waals surface area contributed by atoms with Crippen LogP contribution < -0.4 is 4.72 Å². The van der Waals surface area contributed by atoms with Gasteiger partial charge in [-0.25, -0.2) is 8.42 Å². The summed E-state index contributed by atoms with van der Waals surface area (Å²) in [5.41, 5.74) is -2.07. The summed E-state index contributed by atoms with van der Waals surface area (Å²) in [6.07, 6.45) is 0.520. The maximum absolute atomic E-state index is 12.7. The van der Waals surface area contributed by atoms with Crippen LogP contribution in [0.2, 0.25) is 0 Å². The molecule has 0 atom stereocenters. The molecule has 0 unspecified atom stereocenters. The van der Waals surface area contributed by atoms with E-state index in [1.807, 2.05) is 0 Å². The van der Waals surface area contributed by atoms with E-state index in [0.717, 1.165) is 0 Å². The van der Waals surface area contributed by atoms with Crippen LogP contribution in [0, 0.1) is 0 Å². The lowest BCUT2D eigenvalue weighted by molar-refractivity contribution is -0.111. The van der Waals surface area contributed by atoms with Crippen LogP contribution in [0.1, 0.15) is 13.3 Å². The molecule has 0 saturated carbocycles. The largest absolute Gasteiger partial charge is 0.349 e. The number of Topliss-reactive ketones (excluding diaryl/α,β-unsaturated/α-hetero) is 1. The van der Waals surface area contributed by atoms with E-state index in [-0.39, 0.29) is 11.5 Å². The molecule has 0 spiro atoms. The minimum absolute atomic E-state index is 0.0486. The second-order valence-electron chi connectivity index (χ2n) is 5.03. The lowest BCUT2D eigenvalue weighted by atomic mass is 10.1. The van der Waals surface area contributed by atoms with Crippen LogP contribution in [-0.2, 0) is 19.6 Å². The number of rotatable bonds is 6. The highest BCUT2D eigenvalue weighted by Gasteiger charge is 2.50. The minimum atomic E-state index is -4.12. The molecule has 0 fully saturated rings. The maximum atomic E-state index is 12.7. The molecular formula is C15H13Cl4NO4S. The van der Waals surface area contributed by atoms with E-state index in [9.17, 15) is 13.2 Å². The predicted octanol–water partition coefficient (Wildman–Crippen LogP) is 4.05. The first-order valence-electron chi connectivity index (χ1n) is 7.06. The van der Waals surface area contributed by atoms with Gasteiger partial charge in [0, 0.05) is 6.61 Å². The SMILES string of the molecule is CCCOC1(NS(=O)(=O)c2ccccc2)C(Cl)=C(Cl)C(=O)C(Cl)=C1Cl. The van der Waals surface area contributed by atoms with Crippen LogP contribution in [-0.4, -0.2) is 26.5 Å². The number of sulfonamides is 1. The van der Waals surface area contributed by atoms with Gasteiger partial charge in [-0.3, -0.25) is 4.79 Å². The van der Waals surface area contributed by atoms with Crippen molar-refractivity contribution in [2.75, 3.05) is 6.61 Å². The van der Waals surface area contributed by atoms with E-state index >= 15 is 0 Å². The first-order chi connectivity index (χ1) is 11.7. The molecule has 2 rings (SSSR count). The molecule has 0 heterocycles. The van der Waals surface area contributed by atoms with E-state index in [1.165, 1.54) is 12.1 Å². The van der Waals surface area contributed by atoms with Gasteiger partial charge in [-0.15, -0.1) is 0 Å². The van der Waals surface area contributed by atoms with Crippen LogP contribution in [0.5, 0.6) is 0 Å². The fourth-order valence-electron chi connectivity index (χ4n) is 2.05. The Bertz CT molecular complexity index is 822. The predicted molar refractivity (Wildman–Crippen MR) is 98.2 cm³/mol. The molecule has 0 bridgehead atoms. The highest BCUT2D eigenvalue weighted by molar-refractivity contribution is 7.89. The number of hydrogen-bond donors (Lipinski definition) is 1. The van der Waals surface area contributed by atoms with Crippen molar-refractivity contribution >= 4 is 62.2 Å². The van der Waals surface area contributed by atoms with E-state index in [4.69, 9.17) is 51.1 Å². The molecule has 1 aromatic rings. The van der Waals surface area contributed by atoms with E-state index < -0.39 is 41.7 Å². The van der Waals surface area contributed by atoms with Gasteiger partial charge in [-0.1, -0.05) is 71.5 Å². The zero-order valence-corrected chi connectivity index (χ0v) is 16.7. The summed E-state index contributed by atoms with van der Waals surface area (Å²) >= 11 is 24.2. The van der Waals surface area contributed by atoms with Crippen LogP contribution in [0.25, 0.3) is 0 Å². The molecule has 0 aliphatic heterocycles. The lowest BCUT2D eigenvalue weighted by Crippen LogP contribution is -2.53. The van der Waals surface area contributed by atoms with Crippen molar-refractivity contribution in [1.82, 2.24) is 4.72 Å². The fourth-order valence-corrected chi connectivity index (χ4v) is 4.55. The van der Waals surface area contributed by atoms with Gasteiger partial charge in [0.25, 0.3) is 0 Å². The number of halogens is 4. The van der Waals surface area contributed by atoms with Gasteiger partial charge in [0.1, 0.15) is 10.1 Å². The number of benzene rings is 1. The molecule has 25 heavy (non-hydrogen) atoms. The van der Waals surface area contributed by atoms with Gasteiger partial charge in [-0.2, -0.15) is 4.72 Å². The van der Waals surface area contributed by atoms with Crippen molar-refractivity contribution in [3.8, 4) is 0 Å². The Morgan fingerprint density at radius 3 is 2.04 bits per heavy atom. The molecule has 5 nitrogen and oxygen atoms in total. The molecule has 1 N–H and O–H groups in total. The Morgan fingerprint density at radius 2 is 1.56 bits per heavy atom.